The van der Waals surface area contributed by atoms with Gasteiger partial charge in [0.25, 0.3) is 0 Å². The number of alkyl halides is 1. The number of carboxylic acids is 1. The summed E-state index contributed by atoms with van der Waals surface area (Å²) in [4.78, 5) is 21.9. The van der Waals surface area contributed by atoms with Gasteiger partial charge in [0, 0.05) is 4.32 Å². The molecule has 1 N–H and O–H groups in total. The monoisotopic (exact) mass is 264 g/mol. The number of aliphatic carboxylic acids is 1. The van der Waals surface area contributed by atoms with Crippen LogP contribution in [0.5, 0.6) is 0 Å². The second-order valence-corrected chi connectivity index (χ2v) is 5.19. The molecule has 14 heavy (non-hydrogen) atoms. The molecular weight excluding hydrogens is 252 g/mol. The van der Waals surface area contributed by atoms with Crippen molar-refractivity contribution in [2.45, 2.75) is 25.1 Å². The number of carboxylic acid groups (broad SMARTS) is 1. The van der Waals surface area contributed by atoms with Crippen molar-refractivity contribution in [2.24, 2.45) is 0 Å². The summed E-state index contributed by atoms with van der Waals surface area (Å²) in [6.07, 6.45) is 1.31. The van der Waals surface area contributed by atoms with Crippen LogP contribution in [0.15, 0.2) is 11.6 Å². The van der Waals surface area contributed by atoms with Gasteiger partial charge in [0.05, 0.1) is 6.61 Å². The van der Waals surface area contributed by atoms with Gasteiger partial charge in [-0.05, 0) is 26.8 Å². The Balaban J connectivity index is 4.87. The zero-order valence-electron chi connectivity index (χ0n) is 8.33. The van der Waals surface area contributed by atoms with Gasteiger partial charge in [-0.15, -0.1) is 0 Å². The maximum atomic E-state index is 11.2. The van der Waals surface area contributed by atoms with Gasteiger partial charge in [0.2, 0.25) is 0 Å². The highest BCUT2D eigenvalue weighted by Gasteiger charge is 2.22. The average Bonchev–Trinajstić information content (AvgIpc) is 1.98. The summed E-state index contributed by atoms with van der Waals surface area (Å²) in [5, 5.41) is 8.74. The first-order valence-corrected chi connectivity index (χ1v) is 4.89. The molecule has 0 spiro atoms. The molecule has 0 aromatic heterocycles. The van der Waals surface area contributed by atoms with E-state index in [1.165, 1.54) is 6.08 Å². The number of allylic oxidation sites excluding steroid dienone is 1. The molecule has 0 atom stereocenters. The fraction of sp³-hybridized carbons (Fsp3) is 0.556. The maximum Gasteiger partial charge on any atom is 0.345 e. The highest BCUT2D eigenvalue weighted by atomic mass is 79.9. The third kappa shape index (κ3) is 5.01. The normalized spacial score (nSPS) is 12.4. The summed E-state index contributed by atoms with van der Waals surface area (Å²) in [5.74, 6) is -2.09. The second kappa shape index (κ2) is 5.14. The van der Waals surface area contributed by atoms with Gasteiger partial charge >= 0.3 is 11.9 Å². The minimum Gasteiger partial charge on any atom is -0.477 e. The van der Waals surface area contributed by atoms with E-state index in [9.17, 15) is 9.59 Å². The Labute approximate surface area is 91.1 Å². The van der Waals surface area contributed by atoms with Crippen LogP contribution >= 0.6 is 15.9 Å². The number of halogens is 1. The van der Waals surface area contributed by atoms with Crippen LogP contribution in [0.3, 0.4) is 0 Å². The molecule has 0 aliphatic heterocycles. The molecule has 0 unspecified atom stereocenters. The van der Waals surface area contributed by atoms with E-state index in [0.717, 1.165) is 0 Å². The van der Waals surface area contributed by atoms with Crippen LogP contribution in [0, 0.1) is 0 Å². The van der Waals surface area contributed by atoms with E-state index in [1.54, 1.807) is 20.8 Å². The largest absolute Gasteiger partial charge is 0.477 e. The molecule has 0 aliphatic carbocycles. The fourth-order valence-corrected chi connectivity index (χ4v) is 0.989. The van der Waals surface area contributed by atoms with Crippen LogP contribution in [0.25, 0.3) is 0 Å². The Morgan fingerprint density at radius 3 is 2.29 bits per heavy atom. The minimum atomic E-state index is -1.28. The molecule has 0 saturated heterocycles. The standard InChI is InChI=1S/C9H13BrO4/c1-4-14-8(13)6(7(11)12)5-9(2,3)10/h5H,4H2,1-3H3,(H,11,12). The number of rotatable bonds is 4. The minimum absolute atomic E-state index is 0.159. The van der Waals surface area contributed by atoms with Gasteiger partial charge in [-0.1, -0.05) is 15.9 Å². The number of esters is 1. The van der Waals surface area contributed by atoms with Crippen molar-refractivity contribution in [1.29, 1.82) is 0 Å². The molecule has 0 aliphatic rings. The van der Waals surface area contributed by atoms with Crippen molar-refractivity contribution >= 4 is 27.9 Å². The molecular formula is C9H13BrO4. The molecule has 0 radical (unpaired) electrons. The van der Waals surface area contributed by atoms with Crippen molar-refractivity contribution in [1.82, 2.24) is 0 Å². The van der Waals surface area contributed by atoms with E-state index < -0.39 is 16.3 Å². The highest BCUT2D eigenvalue weighted by Crippen LogP contribution is 2.20. The predicted molar refractivity (Wildman–Crippen MR) is 55.4 cm³/mol. The first kappa shape index (κ1) is 13.2. The first-order chi connectivity index (χ1) is 6.28. The van der Waals surface area contributed by atoms with E-state index in [-0.39, 0.29) is 12.2 Å². The summed E-state index contributed by atoms with van der Waals surface area (Å²) in [5.41, 5.74) is -0.353. The molecule has 0 saturated carbocycles. The average molecular weight is 265 g/mol. The van der Waals surface area contributed by atoms with Crippen molar-refractivity contribution < 1.29 is 19.4 Å². The van der Waals surface area contributed by atoms with E-state index in [0.29, 0.717) is 0 Å². The van der Waals surface area contributed by atoms with Crippen molar-refractivity contribution in [3.63, 3.8) is 0 Å². The molecule has 4 nitrogen and oxygen atoms in total. The van der Waals surface area contributed by atoms with Crippen LogP contribution in [-0.4, -0.2) is 28.0 Å². The lowest BCUT2D eigenvalue weighted by atomic mass is 10.1. The molecule has 0 amide bonds. The summed E-state index contributed by atoms with van der Waals surface area (Å²) < 4.78 is 4.05. The Kier molecular flexibility index (Phi) is 4.83. The summed E-state index contributed by atoms with van der Waals surface area (Å²) >= 11 is 3.22. The molecule has 0 aromatic rings. The van der Waals surface area contributed by atoms with Crippen molar-refractivity contribution in [3.8, 4) is 0 Å². The Hall–Kier alpha value is -0.840. The molecule has 0 rings (SSSR count). The fourth-order valence-electron chi connectivity index (χ4n) is 0.760. The summed E-state index contributed by atoms with van der Waals surface area (Å²) in [7, 11) is 0. The predicted octanol–water partition coefficient (Wildman–Crippen LogP) is 1.73. The van der Waals surface area contributed by atoms with Gasteiger partial charge in [-0.3, -0.25) is 0 Å². The lowest BCUT2D eigenvalue weighted by Gasteiger charge is -2.11. The topological polar surface area (TPSA) is 63.6 Å². The highest BCUT2D eigenvalue weighted by molar-refractivity contribution is 9.10. The molecule has 80 valence electrons. The van der Waals surface area contributed by atoms with Crippen molar-refractivity contribution in [2.75, 3.05) is 6.61 Å². The molecule has 0 bridgehead atoms. The quantitative estimate of drug-likeness (QED) is 0.276. The van der Waals surface area contributed by atoms with E-state index >= 15 is 0 Å². The lowest BCUT2D eigenvalue weighted by molar-refractivity contribution is -0.143. The molecule has 0 heterocycles. The lowest BCUT2D eigenvalue weighted by Crippen LogP contribution is -2.19. The molecule has 5 heteroatoms. The van der Waals surface area contributed by atoms with Crippen LogP contribution in [-0.2, 0) is 14.3 Å². The number of hydrogen-bond donors (Lipinski definition) is 1. The zero-order chi connectivity index (χ0) is 11.4. The third-order valence-corrected chi connectivity index (χ3v) is 1.44. The maximum absolute atomic E-state index is 11.2. The molecule has 0 fully saturated rings. The second-order valence-electron chi connectivity index (χ2n) is 3.15. The number of hydrogen-bond acceptors (Lipinski definition) is 3. The Morgan fingerprint density at radius 2 is 2.00 bits per heavy atom. The number of carbonyl (C=O) groups is 2. The van der Waals surface area contributed by atoms with Crippen LogP contribution in [0.4, 0.5) is 0 Å². The van der Waals surface area contributed by atoms with Gasteiger partial charge in [-0.2, -0.15) is 0 Å². The van der Waals surface area contributed by atoms with E-state index in [2.05, 4.69) is 20.7 Å². The summed E-state index contributed by atoms with van der Waals surface area (Å²) in [6.45, 7) is 5.24. The van der Waals surface area contributed by atoms with Crippen LogP contribution < -0.4 is 0 Å². The third-order valence-electron chi connectivity index (χ3n) is 1.21. The van der Waals surface area contributed by atoms with Gasteiger partial charge in [-0.25, -0.2) is 9.59 Å². The number of ether oxygens (including phenoxy) is 1. The first-order valence-electron chi connectivity index (χ1n) is 4.10. The van der Waals surface area contributed by atoms with Gasteiger partial charge in [0.15, 0.2) is 0 Å². The summed E-state index contributed by atoms with van der Waals surface area (Å²) in [6, 6.07) is 0. The smallest absolute Gasteiger partial charge is 0.345 e. The van der Waals surface area contributed by atoms with Crippen molar-refractivity contribution in [3.05, 3.63) is 11.6 Å². The Morgan fingerprint density at radius 1 is 1.50 bits per heavy atom. The van der Waals surface area contributed by atoms with E-state index in [4.69, 9.17) is 5.11 Å². The number of carbonyl (C=O) groups excluding carboxylic acids is 1. The van der Waals surface area contributed by atoms with Crippen LogP contribution in [0.1, 0.15) is 20.8 Å². The van der Waals surface area contributed by atoms with Gasteiger partial charge in [0.1, 0.15) is 5.57 Å². The van der Waals surface area contributed by atoms with E-state index in [1.807, 2.05) is 0 Å². The Bertz CT molecular complexity index is 262. The molecule has 0 aromatic carbocycles. The van der Waals surface area contributed by atoms with Crippen LogP contribution in [0.2, 0.25) is 0 Å². The van der Waals surface area contributed by atoms with Gasteiger partial charge < -0.3 is 9.84 Å². The SMILES string of the molecule is CCOC(=O)C(=CC(C)(C)Br)C(=O)O. The zero-order valence-corrected chi connectivity index (χ0v) is 9.92.